The molecule has 1 aromatic carbocycles. The lowest BCUT2D eigenvalue weighted by Gasteiger charge is -2.31. The summed E-state index contributed by atoms with van der Waals surface area (Å²) in [6, 6.07) is 8.85. The summed E-state index contributed by atoms with van der Waals surface area (Å²) in [4.78, 5) is 6.91. The van der Waals surface area contributed by atoms with Crippen molar-refractivity contribution in [3.05, 3.63) is 47.8 Å². The Balaban J connectivity index is 1.81. The van der Waals surface area contributed by atoms with Crippen LogP contribution in [0.1, 0.15) is 24.0 Å². The first kappa shape index (κ1) is 15.1. The lowest BCUT2D eigenvalue weighted by molar-refractivity contribution is 0.503. The van der Waals surface area contributed by atoms with Gasteiger partial charge >= 0.3 is 0 Å². The van der Waals surface area contributed by atoms with E-state index in [1.54, 1.807) is 0 Å². The van der Waals surface area contributed by atoms with Gasteiger partial charge in [0.2, 0.25) is 0 Å². The molecule has 1 aliphatic rings. The predicted octanol–water partition coefficient (Wildman–Crippen LogP) is 2.94. The van der Waals surface area contributed by atoms with E-state index in [0.717, 1.165) is 43.0 Å². The minimum Gasteiger partial charge on any atom is -0.353 e. The van der Waals surface area contributed by atoms with Gasteiger partial charge in [0, 0.05) is 37.1 Å². The van der Waals surface area contributed by atoms with Crippen LogP contribution in [0.2, 0.25) is 0 Å². The van der Waals surface area contributed by atoms with Gasteiger partial charge in [0.1, 0.15) is 5.52 Å². The summed E-state index contributed by atoms with van der Waals surface area (Å²) in [6.45, 7) is 6.10. The SMILES string of the molecule is Cc1ccc(C)c(-c2cc3c(N4CCCC(N)C4)nccn3n2)c1. The molecule has 24 heavy (non-hydrogen) atoms. The Bertz CT molecular complexity index is 883. The van der Waals surface area contributed by atoms with Crippen LogP contribution < -0.4 is 10.6 Å². The van der Waals surface area contributed by atoms with Gasteiger partial charge in [0.15, 0.2) is 5.82 Å². The molecule has 5 nitrogen and oxygen atoms in total. The second kappa shape index (κ2) is 5.91. The topological polar surface area (TPSA) is 59.5 Å². The van der Waals surface area contributed by atoms with Crippen LogP contribution in [0.25, 0.3) is 16.8 Å². The van der Waals surface area contributed by atoms with Crippen molar-refractivity contribution in [2.45, 2.75) is 32.7 Å². The average molecular weight is 321 g/mol. The van der Waals surface area contributed by atoms with Crippen molar-refractivity contribution in [1.82, 2.24) is 14.6 Å². The molecular formula is C19H23N5. The van der Waals surface area contributed by atoms with Gasteiger partial charge in [-0.1, -0.05) is 17.7 Å². The zero-order chi connectivity index (χ0) is 16.7. The Morgan fingerprint density at radius 3 is 2.92 bits per heavy atom. The number of hydrogen-bond acceptors (Lipinski definition) is 4. The summed E-state index contributed by atoms with van der Waals surface area (Å²) in [5.74, 6) is 0.983. The molecule has 2 aromatic heterocycles. The van der Waals surface area contributed by atoms with Crippen LogP contribution in [0.4, 0.5) is 5.82 Å². The van der Waals surface area contributed by atoms with E-state index in [2.05, 4.69) is 48.0 Å². The van der Waals surface area contributed by atoms with Gasteiger partial charge in [-0.3, -0.25) is 0 Å². The standard InChI is InChI=1S/C19H23N5/c1-13-5-6-14(2)16(10-13)17-11-18-19(21-7-9-24(18)22-17)23-8-3-4-15(20)12-23/h5-7,9-11,15H,3-4,8,12,20H2,1-2H3. The molecule has 3 aromatic rings. The molecule has 1 unspecified atom stereocenters. The molecule has 2 N–H and O–H groups in total. The largest absolute Gasteiger partial charge is 0.353 e. The zero-order valence-electron chi connectivity index (χ0n) is 14.2. The molecule has 1 atom stereocenters. The van der Waals surface area contributed by atoms with E-state index >= 15 is 0 Å². The lowest BCUT2D eigenvalue weighted by atomic mass is 10.0. The molecule has 1 aliphatic heterocycles. The number of hydrogen-bond donors (Lipinski definition) is 1. The highest BCUT2D eigenvalue weighted by Gasteiger charge is 2.21. The van der Waals surface area contributed by atoms with Gasteiger partial charge in [0.25, 0.3) is 0 Å². The van der Waals surface area contributed by atoms with E-state index in [1.165, 1.54) is 16.7 Å². The quantitative estimate of drug-likeness (QED) is 0.788. The highest BCUT2D eigenvalue weighted by molar-refractivity contribution is 5.76. The van der Waals surface area contributed by atoms with E-state index < -0.39 is 0 Å². The molecule has 0 saturated carbocycles. The molecule has 0 spiro atoms. The maximum absolute atomic E-state index is 6.15. The van der Waals surface area contributed by atoms with Crippen LogP contribution in [-0.4, -0.2) is 33.7 Å². The van der Waals surface area contributed by atoms with Crippen molar-refractivity contribution >= 4 is 11.3 Å². The molecular weight excluding hydrogens is 298 g/mol. The zero-order valence-corrected chi connectivity index (χ0v) is 14.2. The summed E-state index contributed by atoms with van der Waals surface area (Å²) >= 11 is 0. The number of piperidine rings is 1. The summed E-state index contributed by atoms with van der Waals surface area (Å²) < 4.78 is 1.93. The third-order valence-corrected chi connectivity index (χ3v) is 4.80. The third-order valence-electron chi connectivity index (χ3n) is 4.80. The van der Waals surface area contributed by atoms with Crippen LogP contribution in [0.3, 0.4) is 0 Å². The summed E-state index contributed by atoms with van der Waals surface area (Å²) in [5.41, 5.74) is 11.8. The first-order valence-corrected chi connectivity index (χ1v) is 8.54. The van der Waals surface area contributed by atoms with Gasteiger partial charge in [0.05, 0.1) is 5.69 Å². The number of aromatic nitrogens is 3. The van der Waals surface area contributed by atoms with Gasteiger partial charge < -0.3 is 10.6 Å². The van der Waals surface area contributed by atoms with Crippen molar-refractivity contribution in [2.24, 2.45) is 5.73 Å². The Hall–Kier alpha value is -2.40. The van der Waals surface area contributed by atoms with Gasteiger partial charge in [-0.15, -0.1) is 0 Å². The van der Waals surface area contributed by atoms with E-state index in [1.807, 2.05) is 16.9 Å². The second-order valence-corrected chi connectivity index (χ2v) is 6.78. The summed E-state index contributed by atoms with van der Waals surface area (Å²) in [7, 11) is 0. The fourth-order valence-electron chi connectivity index (χ4n) is 3.50. The summed E-state index contributed by atoms with van der Waals surface area (Å²) in [5, 5.41) is 4.78. The normalized spacial score (nSPS) is 18.3. The Morgan fingerprint density at radius 1 is 1.21 bits per heavy atom. The first-order chi connectivity index (χ1) is 11.6. The molecule has 4 rings (SSSR count). The third kappa shape index (κ3) is 2.65. The molecule has 0 bridgehead atoms. The Morgan fingerprint density at radius 2 is 2.08 bits per heavy atom. The number of anilines is 1. The van der Waals surface area contributed by atoms with E-state index in [9.17, 15) is 0 Å². The molecule has 124 valence electrons. The second-order valence-electron chi connectivity index (χ2n) is 6.78. The first-order valence-electron chi connectivity index (χ1n) is 8.54. The number of rotatable bonds is 2. The van der Waals surface area contributed by atoms with Crippen molar-refractivity contribution in [1.29, 1.82) is 0 Å². The number of nitrogens with zero attached hydrogens (tertiary/aromatic N) is 4. The molecule has 0 amide bonds. The van der Waals surface area contributed by atoms with Gasteiger partial charge in [-0.05, 0) is 44.4 Å². The highest BCUT2D eigenvalue weighted by atomic mass is 15.3. The minimum absolute atomic E-state index is 0.224. The van der Waals surface area contributed by atoms with Crippen LogP contribution in [-0.2, 0) is 0 Å². The number of aryl methyl sites for hydroxylation is 2. The number of fused-ring (bicyclic) bond motifs is 1. The van der Waals surface area contributed by atoms with Crippen LogP contribution in [0.5, 0.6) is 0 Å². The van der Waals surface area contributed by atoms with Crippen molar-refractivity contribution in [3.63, 3.8) is 0 Å². The maximum atomic E-state index is 6.15. The Labute approximate surface area is 142 Å². The van der Waals surface area contributed by atoms with Crippen molar-refractivity contribution < 1.29 is 0 Å². The van der Waals surface area contributed by atoms with E-state index in [4.69, 9.17) is 10.8 Å². The number of benzene rings is 1. The summed E-state index contributed by atoms with van der Waals surface area (Å²) in [6.07, 6.45) is 5.94. The van der Waals surface area contributed by atoms with Gasteiger partial charge in [-0.25, -0.2) is 9.50 Å². The van der Waals surface area contributed by atoms with Crippen LogP contribution in [0, 0.1) is 13.8 Å². The number of nitrogens with two attached hydrogens (primary N) is 1. The van der Waals surface area contributed by atoms with Crippen molar-refractivity contribution in [2.75, 3.05) is 18.0 Å². The van der Waals surface area contributed by atoms with E-state index in [-0.39, 0.29) is 6.04 Å². The van der Waals surface area contributed by atoms with E-state index in [0.29, 0.717) is 0 Å². The minimum atomic E-state index is 0.224. The van der Waals surface area contributed by atoms with Crippen LogP contribution >= 0.6 is 0 Å². The smallest absolute Gasteiger partial charge is 0.154 e. The molecule has 1 saturated heterocycles. The molecule has 0 aliphatic carbocycles. The average Bonchev–Trinajstić information content (AvgIpc) is 3.01. The maximum Gasteiger partial charge on any atom is 0.154 e. The molecule has 1 fully saturated rings. The Kier molecular flexibility index (Phi) is 3.73. The fourth-order valence-corrected chi connectivity index (χ4v) is 3.50. The van der Waals surface area contributed by atoms with Crippen molar-refractivity contribution in [3.8, 4) is 11.3 Å². The fraction of sp³-hybridized carbons (Fsp3) is 0.368. The molecule has 3 heterocycles. The molecule has 0 radical (unpaired) electrons. The lowest BCUT2D eigenvalue weighted by Crippen LogP contribution is -2.43. The monoisotopic (exact) mass is 321 g/mol. The van der Waals surface area contributed by atoms with Gasteiger partial charge in [-0.2, -0.15) is 5.10 Å². The highest BCUT2D eigenvalue weighted by Crippen LogP contribution is 2.28. The predicted molar refractivity (Wildman–Crippen MR) is 97.3 cm³/mol. The molecule has 5 heteroatoms. The van der Waals surface area contributed by atoms with Crippen LogP contribution in [0.15, 0.2) is 36.7 Å².